The van der Waals surface area contributed by atoms with Crippen molar-refractivity contribution in [3.63, 3.8) is 0 Å². The fraction of sp³-hybridized carbons (Fsp3) is 0.385. The molecule has 1 aliphatic heterocycles. The number of benzene rings is 1. The zero-order valence-corrected chi connectivity index (χ0v) is 12.6. The van der Waals surface area contributed by atoms with E-state index in [0.717, 1.165) is 19.2 Å². The Balaban J connectivity index is 2.29. The lowest BCUT2D eigenvalue weighted by Gasteiger charge is -2.16. The van der Waals surface area contributed by atoms with Crippen molar-refractivity contribution in [3.05, 3.63) is 29.6 Å². The van der Waals surface area contributed by atoms with E-state index < -0.39 is 38.5 Å². The van der Waals surface area contributed by atoms with Crippen LogP contribution in [0.3, 0.4) is 0 Å². The molecule has 22 heavy (non-hydrogen) atoms. The number of carboxylic acids is 1. The van der Waals surface area contributed by atoms with Crippen molar-refractivity contribution in [1.82, 2.24) is 9.62 Å². The third-order valence-electron chi connectivity index (χ3n) is 3.56. The molecule has 1 aliphatic rings. The number of amides is 1. The van der Waals surface area contributed by atoms with Crippen molar-refractivity contribution in [2.45, 2.75) is 11.3 Å². The van der Waals surface area contributed by atoms with Gasteiger partial charge in [-0.1, -0.05) is 0 Å². The molecule has 1 aromatic carbocycles. The first-order valence-electron chi connectivity index (χ1n) is 6.51. The Morgan fingerprint density at radius 2 is 2.09 bits per heavy atom. The summed E-state index contributed by atoms with van der Waals surface area (Å²) in [5, 5.41) is 8.93. The number of aliphatic carboxylic acids is 1. The predicted octanol–water partition coefficient (Wildman–Crippen LogP) is 0.281. The van der Waals surface area contributed by atoms with Gasteiger partial charge in [0, 0.05) is 18.7 Å². The molecule has 1 aromatic rings. The summed E-state index contributed by atoms with van der Waals surface area (Å²) in [6.45, 7) is 0.320. The molecular formula is C13H15FN2O5S. The summed E-state index contributed by atoms with van der Waals surface area (Å²) in [7, 11) is -2.88. The summed E-state index contributed by atoms with van der Waals surface area (Å²) < 4.78 is 39.0. The normalized spacial score (nSPS) is 18.5. The Morgan fingerprint density at radius 1 is 1.41 bits per heavy atom. The molecule has 1 saturated heterocycles. The van der Waals surface area contributed by atoms with E-state index in [1.165, 1.54) is 11.0 Å². The van der Waals surface area contributed by atoms with Gasteiger partial charge in [-0.3, -0.25) is 9.59 Å². The van der Waals surface area contributed by atoms with Crippen LogP contribution in [0.25, 0.3) is 0 Å². The zero-order valence-electron chi connectivity index (χ0n) is 11.7. The largest absolute Gasteiger partial charge is 0.481 e. The highest BCUT2D eigenvalue weighted by Gasteiger charge is 2.32. The van der Waals surface area contributed by atoms with E-state index in [4.69, 9.17) is 5.11 Å². The highest BCUT2D eigenvalue weighted by molar-refractivity contribution is 7.89. The molecule has 2 rings (SSSR count). The van der Waals surface area contributed by atoms with Gasteiger partial charge in [0.1, 0.15) is 10.7 Å². The maximum absolute atomic E-state index is 13.6. The minimum absolute atomic E-state index is 0.00117. The number of carbonyl (C=O) groups excluding carboxylic acids is 1. The number of hydrogen-bond donors (Lipinski definition) is 2. The highest BCUT2D eigenvalue weighted by atomic mass is 32.2. The second-order valence-corrected chi connectivity index (χ2v) is 6.78. The van der Waals surface area contributed by atoms with E-state index in [9.17, 15) is 22.4 Å². The molecule has 0 aliphatic carbocycles. The standard InChI is InChI=1S/C13H15FN2O5S/c1-15-22(20,21)11-6-8(2-3-10(11)14)12(17)16-5-4-9(7-16)13(18)19/h2-3,6,9,15H,4-5,7H2,1H3,(H,18,19)/t9-/m0/s1. The van der Waals surface area contributed by atoms with Gasteiger partial charge in [0.15, 0.2) is 0 Å². The van der Waals surface area contributed by atoms with Gasteiger partial charge in [-0.2, -0.15) is 0 Å². The highest BCUT2D eigenvalue weighted by Crippen LogP contribution is 2.21. The minimum Gasteiger partial charge on any atom is -0.481 e. The first-order chi connectivity index (χ1) is 10.3. The molecule has 0 spiro atoms. The Labute approximate surface area is 126 Å². The number of nitrogens with one attached hydrogen (secondary N) is 1. The van der Waals surface area contributed by atoms with Crippen molar-refractivity contribution in [3.8, 4) is 0 Å². The average Bonchev–Trinajstić information content (AvgIpc) is 2.97. The number of rotatable bonds is 4. The number of likely N-dealkylation sites (tertiary alicyclic amines) is 1. The maximum atomic E-state index is 13.6. The van der Waals surface area contributed by atoms with E-state index in [-0.39, 0.29) is 18.7 Å². The summed E-state index contributed by atoms with van der Waals surface area (Å²) in [5.41, 5.74) is 0.00117. The molecule has 0 radical (unpaired) electrons. The number of hydrogen-bond acceptors (Lipinski definition) is 4. The number of nitrogens with zero attached hydrogens (tertiary/aromatic N) is 1. The van der Waals surface area contributed by atoms with Crippen LogP contribution in [-0.4, -0.2) is 50.4 Å². The summed E-state index contributed by atoms with van der Waals surface area (Å²) in [6.07, 6.45) is 0.337. The molecule has 1 heterocycles. The zero-order chi connectivity index (χ0) is 16.5. The summed E-state index contributed by atoms with van der Waals surface area (Å²) >= 11 is 0. The van der Waals surface area contributed by atoms with Crippen LogP contribution in [0.5, 0.6) is 0 Å². The Hall–Kier alpha value is -2.00. The molecule has 9 heteroatoms. The smallest absolute Gasteiger partial charge is 0.308 e. The second kappa shape index (κ2) is 6.01. The molecule has 1 atom stereocenters. The van der Waals surface area contributed by atoms with Crippen LogP contribution >= 0.6 is 0 Å². The fourth-order valence-corrected chi connectivity index (χ4v) is 3.11. The third kappa shape index (κ3) is 3.09. The average molecular weight is 330 g/mol. The summed E-state index contributed by atoms with van der Waals surface area (Å²) in [5.74, 6) is -3.09. The van der Waals surface area contributed by atoms with Crippen LogP contribution in [0.1, 0.15) is 16.8 Å². The second-order valence-electron chi connectivity index (χ2n) is 4.93. The quantitative estimate of drug-likeness (QED) is 0.825. The lowest BCUT2D eigenvalue weighted by Crippen LogP contribution is -2.30. The van der Waals surface area contributed by atoms with Crippen LogP contribution < -0.4 is 4.72 Å². The SMILES string of the molecule is CNS(=O)(=O)c1cc(C(=O)N2CC[C@H](C(=O)O)C2)ccc1F. The molecule has 0 saturated carbocycles. The van der Waals surface area contributed by atoms with E-state index in [1.54, 1.807) is 0 Å². The van der Waals surface area contributed by atoms with Gasteiger partial charge >= 0.3 is 5.97 Å². The van der Waals surface area contributed by atoms with Crippen LogP contribution in [0.15, 0.2) is 23.1 Å². The van der Waals surface area contributed by atoms with E-state index in [0.29, 0.717) is 6.42 Å². The Morgan fingerprint density at radius 3 is 2.64 bits per heavy atom. The van der Waals surface area contributed by atoms with Gasteiger partial charge in [0.25, 0.3) is 5.91 Å². The number of sulfonamides is 1. The van der Waals surface area contributed by atoms with Gasteiger partial charge in [0.2, 0.25) is 10.0 Å². The van der Waals surface area contributed by atoms with Crippen molar-refractivity contribution in [2.24, 2.45) is 5.92 Å². The Kier molecular flexibility index (Phi) is 4.47. The van der Waals surface area contributed by atoms with Crippen LogP contribution in [0.4, 0.5) is 4.39 Å². The van der Waals surface area contributed by atoms with E-state index in [2.05, 4.69) is 0 Å². The van der Waals surface area contributed by atoms with Gasteiger partial charge in [-0.15, -0.1) is 0 Å². The van der Waals surface area contributed by atoms with Crippen molar-refractivity contribution in [1.29, 1.82) is 0 Å². The topological polar surface area (TPSA) is 104 Å². The first kappa shape index (κ1) is 16.4. The summed E-state index contributed by atoms with van der Waals surface area (Å²) in [4.78, 5) is 23.9. The molecular weight excluding hydrogens is 315 g/mol. The lowest BCUT2D eigenvalue weighted by atomic mass is 10.1. The van der Waals surface area contributed by atoms with Gasteiger partial charge < -0.3 is 10.0 Å². The monoisotopic (exact) mass is 330 g/mol. The number of halogens is 1. The van der Waals surface area contributed by atoms with Crippen molar-refractivity contribution in [2.75, 3.05) is 20.1 Å². The van der Waals surface area contributed by atoms with Gasteiger partial charge in [-0.05, 0) is 31.7 Å². The minimum atomic E-state index is -4.02. The van der Waals surface area contributed by atoms with Crippen LogP contribution in [0.2, 0.25) is 0 Å². The van der Waals surface area contributed by atoms with E-state index in [1.807, 2.05) is 4.72 Å². The molecule has 7 nitrogen and oxygen atoms in total. The van der Waals surface area contributed by atoms with Gasteiger partial charge in [-0.25, -0.2) is 17.5 Å². The first-order valence-corrected chi connectivity index (χ1v) is 7.99. The van der Waals surface area contributed by atoms with Crippen LogP contribution in [-0.2, 0) is 14.8 Å². The molecule has 1 fully saturated rings. The molecule has 1 amide bonds. The van der Waals surface area contributed by atoms with E-state index >= 15 is 0 Å². The number of carbonyl (C=O) groups is 2. The maximum Gasteiger partial charge on any atom is 0.308 e. The lowest BCUT2D eigenvalue weighted by molar-refractivity contribution is -0.141. The molecule has 0 aromatic heterocycles. The third-order valence-corrected chi connectivity index (χ3v) is 4.99. The van der Waals surface area contributed by atoms with Gasteiger partial charge in [0.05, 0.1) is 5.92 Å². The molecule has 0 bridgehead atoms. The molecule has 120 valence electrons. The van der Waals surface area contributed by atoms with Crippen molar-refractivity contribution >= 4 is 21.9 Å². The summed E-state index contributed by atoms with van der Waals surface area (Å²) in [6, 6.07) is 3.04. The predicted molar refractivity (Wildman–Crippen MR) is 74.3 cm³/mol. The van der Waals surface area contributed by atoms with Crippen molar-refractivity contribution < 1.29 is 27.5 Å². The Bertz CT molecular complexity index is 719. The molecule has 0 unspecified atom stereocenters. The fourth-order valence-electron chi connectivity index (χ4n) is 2.28. The van der Waals surface area contributed by atoms with Crippen LogP contribution in [0, 0.1) is 11.7 Å². The molecule has 2 N–H and O–H groups in total. The number of carboxylic acid groups (broad SMARTS) is 1.